The molecule has 1 fully saturated rings. The lowest BCUT2D eigenvalue weighted by Gasteiger charge is -2.41. The number of aliphatic carboxylic acids is 1. The first-order valence-electron chi connectivity index (χ1n) is 13.1. The van der Waals surface area contributed by atoms with Gasteiger partial charge in [-0.15, -0.1) is 0 Å². The molecule has 3 N–H and O–H groups in total. The zero-order valence-corrected chi connectivity index (χ0v) is 22.2. The molecule has 1 unspecified atom stereocenters. The molecule has 216 valence electrons. The maximum Gasteiger partial charge on any atom is 0.303 e. The van der Waals surface area contributed by atoms with Crippen LogP contribution in [0.5, 0.6) is 11.5 Å². The molecule has 0 amide bonds. The predicted molar refractivity (Wildman–Crippen MR) is 141 cm³/mol. The quantitative estimate of drug-likeness (QED) is 0.275. The summed E-state index contributed by atoms with van der Waals surface area (Å²) in [4.78, 5) is 18.2. The second-order valence-corrected chi connectivity index (χ2v) is 10.3. The summed E-state index contributed by atoms with van der Waals surface area (Å²) in [5, 5.41) is 31.5. The summed E-state index contributed by atoms with van der Waals surface area (Å²) >= 11 is 0. The zero-order valence-electron chi connectivity index (χ0n) is 22.2. The molecule has 0 aliphatic carbocycles. The second kappa shape index (κ2) is 12.8. The number of aliphatic hydroxyl groups is 2. The Bertz CT molecular complexity index is 1340. The van der Waals surface area contributed by atoms with Crippen LogP contribution in [0.1, 0.15) is 49.3 Å². The van der Waals surface area contributed by atoms with E-state index in [-0.39, 0.29) is 26.1 Å². The minimum atomic E-state index is -1.32. The van der Waals surface area contributed by atoms with Gasteiger partial charge < -0.3 is 24.8 Å². The number of fused-ring (bicyclic) bond motifs is 1. The number of hydrogen-bond donors (Lipinski definition) is 3. The van der Waals surface area contributed by atoms with Gasteiger partial charge in [-0.1, -0.05) is 0 Å². The van der Waals surface area contributed by atoms with Crippen LogP contribution in [0.3, 0.4) is 0 Å². The van der Waals surface area contributed by atoms with E-state index in [2.05, 4.69) is 4.98 Å². The van der Waals surface area contributed by atoms with E-state index in [0.29, 0.717) is 72.7 Å². The molecule has 8 nitrogen and oxygen atoms in total. The summed E-state index contributed by atoms with van der Waals surface area (Å²) in [6.07, 6.45) is 2.33. The average Bonchev–Trinajstić information content (AvgIpc) is 2.94. The van der Waals surface area contributed by atoms with Crippen LogP contribution in [0.4, 0.5) is 13.2 Å². The number of pyridine rings is 1. The van der Waals surface area contributed by atoms with Crippen molar-refractivity contribution in [2.24, 2.45) is 5.41 Å². The normalized spacial score (nSPS) is 16.1. The number of likely N-dealkylation sites (tertiary alicyclic amines) is 1. The van der Waals surface area contributed by atoms with E-state index < -0.39 is 40.7 Å². The third-order valence-corrected chi connectivity index (χ3v) is 7.72. The molecule has 1 saturated heterocycles. The lowest BCUT2D eigenvalue weighted by atomic mass is 9.71. The van der Waals surface area contributed by atoms with Gasteiger partial charge in [-0.3, -0.25) is 14.7 Å². The highest BCUT2D eigenvalue weighted by atomic mass is 19.2. The van der Waals surface area contributed by atoms with Crippen LogP contribution >= 0.6 is 0 Å². The molecular formula is C29H33F3N2O6. The Morgan fingerprint density at radius 2 is 1.93 bits per heavy atom. The van der Waals surface area contributed by atoms with Crippen LogP contribution in [0, 0.1) is 22.9 Å². The Labute approximate surface area is 230 Å². The predicted octanol–water partition coefficient (Wildman–Crippen LogP) is 4.60. The SMILES string of the molecule is COc1ccc2ncc(CO)c(C(O)CCC3(CC(=O)O)CCN(CCOc4cc(F)cc(F)c4F)CC3)c2c1. The van der Waals surface area contributed by atoms with Crippen LogP contribution in [0.2, 0.25) is 0 Å². The molecule has 1 aromatic heterocycles. The molecular weight excluding hydrogens is 529 g/mol. The van der Waals surface area contributed by atoms with Gasteiger partial charge in [0.2, 0.25) is 5.82 Å². The highest BCUT2D eigenvalue weighted by Crippen LogP contribution is 2.42. The smallest absolute Gasteiger partial charge is 0.303 e. The molecule has 3 aromatic rings. The fourth-order valence-electron chi connectivity index (χ4n) is 5.48. The second-order valence-electron chi connectivity index (χ2n) is 10.3. The third kappa shape index (κ3) is 6.83. The number of piperidine rings is 1. The van der Waals surface area contributed by atoms with Gasteiger partial charge in [0, 0.05) is 35.8 Å². The van der Waals surface area contributed by atoms with Crippen molar-refractivity contribution >= 4 is 16.9 Å². The van der Waals surface area contributed by atoms with Crippen molar-refractivity contribution < 1.29 is 42.8 Å². The summed E-state index contributed by atoms with van der Waals surface area (Å²) in [5.41, 5.74) is 1.13. The van der Waals surface area contributed by atoms with E-state index in [1.807, 2.05) is 4.90 Å². The summed E-state index contributed by atoms with van der Waals surface area (Å²) < 4.78 is 51.2. The van der Waals surface area contributed by atoms with Crippen LogP contribution in [-0.4, -0.2) is 64.5 Å². The number of aromatic nitrogens is 1. The first-order valence-corrected chi connectivity index (χ1v) is 13.1. The fraction of sp³-hybridized carbons (Fsp3) is 0.448. The standard InChI is InChI=1S/C29H33F3N2O6/c1-39-20-2-3-23-21(14-20)27(18(17-35)16-33-23)24(36)4-5-29(15-26(37)38)6-8-34(9-7-29)10-11-40-25-13-19(30)12-22(31)28(25)32/h2-3,12-14,16,24,35-36H,4-11,15,17H2,1H3,(H,37,38). The van der Waals surface area contributed by atoms with E-state index in [4.69, 9.17) is 9.47 Å². The van der Waals surface area contributed by atoms with Crippen molar-refractivity contribution in [1.29, 1.82) is 0 Å². The summed E-state index contributed by atoms with van der Waals surface area (Å²) in [6, 6.07) is 6.54. The molecule has 2 heterocycles. The van der Waals surface area contributed by atoms with Crippen LogP contribution in [-0.2, 0) is 11.4 Å². The number of carbonyl (C=O) groups is 1. The Hall–Kier alpha value is -3.41. The number of nitrogens with zero attached hydrogens (tertiary/aromatic N) is 2. The van der Waals surface area contributed by atoms with Crippen molar-refractivity contribution in [1.82, 2.24) is 9.88 Å². The molecule has 4 rings (SSSR count). The van der Waals surface area contributed by atoms with Crippen molar-refractivity contribution in [3.05, 3.63) is 65.1 Å². The van der Waals surface area contributed by atoms with Gasteiger partial charge in [-0.25, -0.2) is 8.78 Å². The molecule has 2 aromatic carbocycles. The maximum atomic E-state index is 13.8. The molecule has 0 saturated carbocycles. The van der Waals surface area contributed by atoms with Gasteiger partial charge in [-0.05, 0) is 68.0 Å². The van der Waals surface area contributed by atoms with Crippen LogP contribution in [0.25, 0.3) is 10.9 Å². The Morgan fingerprint density at radius 3 is 2.60 bits per heavy atom. The van der Waals surface area contributed by atoms with Gasteiger partial charge in [0.1, 0.15) is 18.2 Å². The summed E-state index contributed by atoms with van der Waals surface area (Å²) in [6.45, 7) is 1.16. The van der Waals surface area contributed by atoms with Crippen LogP contribution in [0.15, 0.2) is 36.5 Å². The van der Waals surface area contributed by atoms with Gasteiger partial charge in [0.05, 0.1) is 31.8 Å². The molecule has 40 heavy (non-hydrogen) atoms. The molecule has 11 heteroatoms. The molecule has 0 radical (unpaired) electrons. The van der Waals surface area contributed by atoms with Gasteiger partial charge in [-0.2, -0.15) is 4.39 Å². The van der Waals surface area contributed by atoms with E-state index in [1.165, 1.54) is 13.3 Å². The third-order valence-electron chi connectivity index (χ3n) is 7.72. The summed E-state index contributed by atoms with van der Waals surface area (Å²) in [5.74, 6) is -4.33. The van der Waals surface area contributed by atoms with Crippen molar-refractivity contribution in [3.63, 3.8) is 0 Å². The van der Waals surface area contributed by atoms with Gasteiger partial charge in [0.15, 0.2) is 11.6 Å². The highest BCUT2D eigenvalue weighted by Gasteiger charge is 2.37. The van der Waals surface area contributed by atoms with Gasteiger partial charge >= 0.3 is 5.97 Å². The average molecular weight is 563 g/mol. The lowest BCUT2D eigenvalue weighted by molar-refractivity contribution is -0.141. The van der Waals surface area contributed by atoms with Crippen molar-refractivity contribution in [2.75, 3.05) is 33.4 Å². The molecule has 1 aliphatic heterocycles. The van der Waals surface area contributed by atoms with Crippen molar-refractivity contribution in [3.8, 4) is 11.5 Å². The maximum absolute atomic E-state index is 13.8. The summed E-state index contributed by atoms with van der Waals surface area (Å²) in [7, 11) is 1.54. The zero-order chi connectivity index (χ0) is 28.9. The first-order chi connectivity index (χ1) is 19.1. The van der Waals surface area contributed by atoms with E-state index >= 15 is 0 Å². The number of carboxylic acids is 1. The Morgan fingerprint density at radius 1 is 1.18 bits per heavy atom. The number of halogens is 3. The monoisotopic (exact) mass is 562 g/mol. The number of methoxy groups -OCH3 is 1. The number of benzene rings is 2. The number of rotatable bonds is 12. The fourth-order valence-corrected chi connectivity index (χ4v) is 5.48. The Balaban J connectivity index is 1.41. The van der Waals surface area contributed by atoms with Crippen LogP contribution < -0.4 is 9.47 Å². The number of carboxylic acid groups (broad SMARTS) is 1. The number of hydrogen-bond acceptors (Lipinski definition) is 7. The van der Waals surface area contributed by atoms with E-state index in [0.717, 1.165) is 6.07 Å². The van der Waals surface area contributed by atoms with E-state index in [1.54, 1.807) is 18.2 Å². The minimum absolute atomic E-state index is 0.00692. The topological polar surface area (TPSA) is 112 Å². The molecule has 1 aliphatic rings. The number of ether oxygens (including phenoxy) is 2. The van der Waals surface area contributed by atoms with Gasteiger partial charge in [0.25, 0.3) is 0 Å². The first kappa shape index (κ1) is 29.6. The number of aliphatic hydroxyl groups excluding tert-OH is 2. The lowest BCUT2D eigenvalue weighted by Crippen LogP contribution is -2.42. The largest absolute Gasteiger partial charge is 0.497 e. The Kier molecular flexibility index (Phi) is 9.49. The molecule has 1 atom stereocenters. The minimum Gasteiger partial charge on any atom is -0.497 e. The van der Waals surface area contributed by atoms with E-state index in [9.17, 15) is 33.3 Å². The molecule has 0 bridgehead atoms. The van der Waals surface area contributed by atoms with Crippen molar-refractivity contribution in [2.45, 2.75) is 44.8 Å². The highest BCUT2D eigenvalue weighted by molar-refractivity contribution is 5.85. The molecule has 0 spiro atoms.